The predicted molar refractivity (Wildman–Crippen MR) is 106 cm³/mol. The van der Waals surface area contributed by atoms with Gasteiger partial charge < -0.3 is 11.1 Å². The van der Waals surface area contributed by atoms with Crippen LogP contribution < -0.4 is 11.1 Å². The number of pyridine rings is 1. The average Bonchev–Trinajstić information content (AvgIpc) is 2.68. The van der Waals surface area contributed by atoms with E-state index in [2.05, 4.69) is 22.5 Å². The van der Waals surface area contributed by atoms with Crippen molar-refractivity contribution in [1.82, 2.24) is 10.3 Å². The summed E-state index contributed by atoms with van der Waals surface area (Å²) in [6.07, 6.45) is 16.0. The molecule has 0 spiro atoms. The van der Waals surface area contributed by atoms with Gasteiger partial charge in [-0.15, -0.1) is 0 Å². The Morgan fingerprint density at radius 1 is 1.38 bits per heavy atom. The molecule has 2 aliphatic carbocycles. The number of hydrogen-bond acceptors (Lipinski definition) is 3. The zero-order valence-electron chi connectivity index (χ0n) is 15.2. The minimum absolute atomic E-state index is 0.113. The Morgan fingerprint density at radius 3 is 2.85 bits per heavy atom. The molecule has 3 N–H and O–H groups in total. The molecule has 2 aliphatic rings. The second kappa shape index (κ2) is 8.83. The molecule has 3 rings (SSSR count). The van der Waals surface area contributed by atoms with Crippen molar-refractivity contribution in [2.75, 3.05) is 6.54 Å². The molecule has 4 nitrogen and oxygen atoms in total. The molecule has 1 aromatic rings. The normalized spacial score (nSPS) is 28.5. The largest absolute Gasteiger partial charge is 0.353 e. The molecule has 0 aliphatic heterocycles. The molecule has 5 heteroatoms. The summed E-state index contributed by atoms with van der Waals surface area (Å²) < 4.78 is 0. The van der Waals surface area contributed by atoms with Gasteiger partial charge in [0.1, 0.15) is 0 Å². The van der Waals surface area contributed by atoms with E-state index >= 15 is 0 Å². The van der Waals surface area contributed by atoms with Crippen molar-refractivity contribution in [3.63, 3.8) is 0 Å². The van der Waals surface area contributed by atoms with Crippen molar-refractivity contribution in [2.45, 2.75) is 51.0 Å². The number of halogens is 1. The van der Waals surface area contributed by atoms with E-state index in [9.17, 15) is 4.79 Å². The number of aryl methyl sites for hydroxylation is 1. The molecule has 1 atom stereocenters. The minimum Gasteiger partial charge on any atom is -0.353 e. The number of nitrogens with two attached hydrogens (primary N) is 1. The van der Waals surface area contributed by atoms with Gasteiger partial charge in [0, 0.05) is 29.9 Å². The van der Waals surface area contributed by atoms with Gasteiger partial charge in [0.05, 0.1) is 0 Å². The van der Waals surface area contributed by atoms with Gasteiger partial charge in [0.25, 0.3) is 0 Å². The second-order valence-corrected chi connectivity index (χ2v) is 8.06. The summed E-state index contributed by atoms with van der Waals surface area (Å²) in [6.45, 7) is 0.674. The Balaban J connectivity index is 1.47. The first kappa shape index (κ1) is 19.1. The topological polar surface area (TPSA) is 68.0 Å². The number of allylic oxidation sites excluding steroid dienone is 4. The lowest BCUT2D eigenvalue weighted by molar-refractivity contribution is -0.122. The Labute approximate surface area is 160 Å². The lowest BCUT2D eigenvalue weighted by Gasteiger charge is -2.45. The molecule has 140 valence electrons. The molecule has 1 heterocycles. The van der Waals surface area contributed by atoms with E-state index in [0.29, 0.717) is 18.9 Å². The van der Waals surface area contributed by atoms with Crippen LogP contribution in [0.4, 0.5) is 0 Å². The Hall–Kier alpha value is -1.65. The minimum atomic E-state index is 0.113. The summed E-state index contributed by atoms with van der Waals surface area (Å²) >= 11 is 6.24. The number of aromatic nitrogens is 1. The van der Waals surface area contributed by atoms with E-state index in [4.69, 9.17) is 17.3 Å². The zero-order chi connectivity index (χ0) is 18.4. The van der Waals surface area contributed by atoms with Crippen LogP contribution in [0.2, 0.25) is 0 Å². The maximum Gasteiger partial charge on any atom is 0.220 e. The van der Waals surface area contributed by atoms with Crippen LogP contribution in [0.5, 0.6) is 0 Å². The van der Waals surface area contributed by atoms with Gasteiger partial charge in [-0.1, -0.05) is 29.8 Å². The van der Waals surface area contributed by atoms with Crippen molar-refractivity contribution in [3.05, 3.63) is 53.4 Å². The number of nitrogens with zero attached hydrogens (tertiary/aromatic N) is 1. The first-order valence-corrected chi connectivity index (χ1v) is 9.90. The molecule has 0 aromatic carbocycles. The van der Waals surface area contributed by atoms with Crippen LogP contribution in [-0.2, 0) is 11.2 Å². The lowest BCUT2D eigenvalue weighted by atomic mass is 9.63. The second-order valence-electron chi connectivity index (χ2n) is 7.58. The standard InChI is InChI=1S/C21H28ClN3O/c22-18-5-1-4-17(13-18)21(15-23)10-8-19(9-11-21)25-20(26)7-6-16-3-2-12-24-14-16/h1-5,12,14,17,19H,6-11,13,15,23H2,(H,25,26)/t17?,19-,21-. The summed E-state index contributed by atoms with van der Waals surface area (Å²) in [6, 6.07) is 4.17. The van der Waals surface area contributed by atoms with Crippen LogP contribution in [0.3, 0.4) is 0 Å². The third kappa shape index (κ3) is 4.74. The van der Waals surface area contributed by atoms with Crippen molar-refractivity contribution >= 4 is 17.5 Å². The predicted octanol–water partition coefficient (Wildman–Crippen LogP) is 3.72. The highest BCUT2D eigenvalue weighted by atomic mass is 35.5. The van der Waals surface area contributed by atoms with Crippen LogP contribution >= 0.6 is 11.6 Å². The Bertz CT molecular complexity index is 663. The number of carbonyl (C=O) groups is 1. The molecule has 0 bridgehead atoms. The quantitative estimate of drug-likeness (QED) is 0.798. The van der Waals surface area contributed by atoms with E-state index < -0.39 is 0 Å². The summed E-state index contributed by atoms with van der Waals surface area (Å²) in [5, 5.41) is 4.12. The van der Waals surface area contributed by atoms with Crippen molar-refractivity contribution < 1.29 is 4.79 Å². The maximum absolute atomic E-state index is 12.3. The van der Waals surface area contributed by atoms with E-state index in [1.807, 2.05) is 24.4 Å². The molecule has 1 amide bonds. The number of hydrogen-bond donors (Lipinski definition) is 2. The fourth-order valence-electron chi connectivity index (χ4n) is 4.23. The molecular weight excluding hydrogens is 346 g/mol. The fourth-order valence-corrected chi connectivity index (χ4v) is 4.47. The van der Waals surface area contributed by atoms with E-state index in [-0.39, 0.29) is 17.4 Å². The first-order valence-electron chi connectivity index (χ1n) is 9.52. The SMILES string of the molecule is NC[C@]1(C2C=CC=C(Cl)C2)CC[C@H](NC(=O)CCc2cccnc2)CC1. The fraction of sp³-hybridized carbons (Fsp3) is 0.524. The third-order valence-electron chi connectivity index (χ3n) is 5.94. The van der Waals surface area contributed by atoms with Crippen molar-refractivity contribution in [1.29, 1.82) is 0 Å². The molecule has 26 heavy (non-hydrogen) atoms. The van der Waals surface area contributed by atoms with Crippen LogP contribution in [0.15, 0.2) is 47.8 Å². The number of rotatable bonds is 6. The highest BCUT2D eigenvalue weighted by Gasteiger charge is 2.40. The molecule has 1 aromatic heterocycles. The zero-order valence-corrected chi connectivity index (χ0v) is 15.9. The Morgan fingerprint density at radius 2 is 2.19 bits per heavy atom. The molecule has 0 saturated heterocycles. The number of carbonyl (C=O) groups excluding carboxylic acids is 1. The lowest BCUT2D eigenvalue weighted by Crippen LogP contribution is -2.46. The number of amides is 1. The first-order chi connectivity index (χ1) is 12.6. The third-order valence-corrected chi connectivity index (χ3v) is 6.22. The van der Waals surface area contributed by atoms with Gasteiger partial charge in [-0.2, -0.15) is 0 Å². The average molecular weight is 374 g/mol. The van der Waals surface area contributed by atoms with Crippen molar-refractivity contribution in [2.24, 2.45) is 17.1 Å². The smallest absolute Gasteiger partial charge is 0.220 e. The summed E-state index contributed by atoms with van der Waals surface area (Å²) in [7, 11) is 0. The summed E-state index contributed by atoms with van der Waals surface area (Å²) in [5.41, 5.74) is 7.40. The number of nitrogens with one attached hydrogen (secondary N) is 1. The van der Waals surface area contributed by atoms with Gasteiger partial charge in [-0.3, -0.25) is 9.78 Å². The van der Waals surface area contributed by atoms with E-state index in [1.165, 1.54) is 0 Å². The highest BCUT2D eigenvalue weighted by molar-refractivity contribution is 6.29. The van der Waals surface area contributed by atoms with Gasteiger partial charge in [-0.25, -0.2) is 0 Å². The maximum atomic E-state index is 12.3. The van der Waals surface area contributed by atoms with Gasteiger partial charge in [0.15, 0.2) is 0 Å². The van der Waals surface area contributed by atoms with Crippen LogP contribution in [-0.4, -0.2) is 23.5 Å². The highest BCUT2D eigenvalue weighted by Crippen LogP contribution is 2.46. The van der Waals surface area contributed by atoms with Crippen molar-refractivity contribution in [3.8, 4) is 0 Å². The summed E-state index contributed by atoms with van der Waals surface area (Å²) in [4.78, 5) is 16.4. The summed E-state index contributed by atoms with van der Waals surface area (Å²) in [5.74, 6) is 0.537. The Kier molecular flexibility index (Phi) is 6.49. The monoisotopic (exact) mass is 373 g/mol. The van der Waals surface area contributed by atoms with Gasteiger partial charge >= 0.3 is 0 Å². The van der Waals surface area contributed by atoms with Gasteiger partial charge in [-0.05, 0) is 74.1 Å². The molecular formula is C21H28ClN3O. The van der Waals surface area contributed by atoms with Crippen LogP contribution in [0.25, 0.3) is 0 Å². The van der Waals surface area contributed by atoms with E-state index in [1.54, 1.807) is 6.20 Å². The molecule has 1 fully saturated rings. The molecule has 1 saturated carbocycles. The van der Waals surface area contributed by atoms with E-state index in [0.717, 1.165) is 49.1 Å². The van der Waals surface area contributed by atoms with Gasteiger partial charge in [0.2, 0.25) is 5.91 Å². The molecule has 0 radical (unpaired) electrons. The van der Waals surface area contributed by atoms with Crippen LogP contribution in [0, 0.1) is 11.3 Å². The molecule has 1 unspecified atom stereocenters. The van der Waals surface area contributed by atoms with Crippen LogP contribution in [0.1, 0.15) is 44.1 Å².